The monoisotopic (exact) mass is 995 g/mol. The van der Waals surface area contributed by atoms with Crippen molar-refractivity contribution in [3.05, 3.63) is 135 Å². The number of rotatable bonds is 14. The molecule has 1 aliphatic carbocycles. The molecule has 7 aromatic rings. The van der Waals surface area contributed by atoms with Crippen molar-refractivity contribution >= 4 is 46.4 Å². The van der Waals surface area contributed by atoms with Crippen LogP contribution in [0.4, 0.5) is 0 Å². The van der Waals surface area contributed by atoms with Gasteiger partial charge in [-0.25, -0.2) is 9.97 Å². The van der Waals surface area contributed by atoms with Gasteiger partial charge in [-0.2, -0.15) is 5.10 Å². The first-order valence-electron chi connectivity index (χ1n) is 23.8. The van der Waals surface area contributed by atoms with Crippen LogP contribution >= 0.6 is 22.9 Å². The molecule has 0 bridgehead atoms. The molecule has 3 aliphatic rings. The van der Waals surface area contributed by atoms with E-state index < -0.39 is 24.2 Å². The minimum absolute atomic E-state index is 0.0387. The average Bonchev–Trinajstić information content (AvgIpc) is 4.19. The number of β-amino-alcohol motifs (C(OH)–C–C–N with tert-alkyl or cyclic N) is 1. The molecule has 10 rings (SSSR count). The molecule has 366 valence electrons. The lowest BCUT2D eigenvalue weighted by Gasteiger charge is -2.35. The maximum Gasteiger partial charge on any atom is 0.248 e. The third-order valence-electron chi connectivity index (χ3n) is 13.6. The van der Waals surface area contributed by atoms with Crippen molar-refractivity contribution in [3.63, 3.8) is 0 Å². The fraction of sp³-hybridized carbons (Fsp3) is 0.365. The third kappa shape index (κ3) is 9.63. The number of carbonyl (C=O) groups is 3. The van der Waals surface area contributed by atoms with E-state index in [0.717, 1.165) is 61.2 Å². The highest BCUT2D eigenvalue weighted by Crippen LogP contribution is 2.40. The van der Waals surface area contributed by atoms with Crippen LogP contribution in [0.1, 0.15) is 96.1 Å². The van der Waals surface area contributed by atoms with Crippen molar-refractivity contribution in [1.82, 2.24) is 50.0 Å². The minimum Gasteiger partial charge on any atom is -0.474 e. The largest absolute Gasteiger partial charge is 0.474 e. The number of aryl methyl sites for hydroxylation is 3. The Morgan fingerprint density at radius 1 is 0.944 bits per heavy atom. The zero-order valence-corrected chi connectivity index (χ0v) is 41.7. The van der Waals surface area contributed by atoms with E-state index in [9.17, 15) is 19.5 Å². The van der Waals surface area contributed by atoms with Gasteiger partial charge in [0.1, 0.15) is 35.1 Å². The van der Waals surface area contributed by atoms with Gasteiger partial charge in [0, 0.05) is 89.0 Å². The number of aliphatic hydroxyl groups is 1. The van der Waals surface area contributed by atoms with Gasteiger partial charge in [-0.3, -0.25) is 28.6 Å². The Morgan fingerprint density at radius 2 is 1.70 bits per heavy atom. The van der Waals surface area contributed by atoms with Crippen molar-refractivity contribution in [1.29, 1.82) is 0 Å². The standard InChI is InChI=1S/C52H54ClN11O6S/c1-27(2)47(51(68)62-25-39(65)20-42(62)50(67)55-22-32-7-9-34(10-8-32)48-29(4)56-26-69-48)63-24-36(23-57-63)35-15-16-54-44(17-35)70-40-18-38(19-40)58-43(66)21-41-49-61-60-31(6)64(49)52-45(28(3)30(5)71-52)46(59-41)33-11-13-37(53)14-12-33/h7-17,23-24,26-27,38-42,47,65H,18-22,25H2,1-6H3,(H,55,67)(H,58,66)/t38-,39-,40+,41+,42+,47+/m1/s1. The van der Waals surface area contributed by atoms with Gasteiger partial charge in [0.25, 0.3) is 0 Å². The number of oxazole rings is 1. The van der Waals surface area contributed by atoms with Gasteiger partial charge < -0.3 is 29.8 Å². The predicted octanol–water partition coefficient (Wildman–Crippen LogP) is 7.61. The Morgan fingerprint density at radius 3 is 2.44 bits per heavy atom. The molecule has 4 atom stereocenters. The lowest BCUT2D eigenvalue weighted by molar-refractivity contribution is -0.142. The Bertz CT molecular complexity index is 3150. The van der Waals surface area contributed by atoms with Crippen molar-refractivity contribution < 1.29 is 28.6 Å². The van der Waals surface area contributed by atoms with Gasteiger partial charge in [-0.1, -0.05) is 61.8 Å². The molecule has 0 unspecified atom stereocenters. The van der Waals surface area contributed by atoms with Crippen LogP contribution in [0.5, 0.6) is 5.88 Å². The van der Waals surface area contributed by atoms with E-state index in [1.165, 1.54) is 16.2 Å². The number of nitrogens with one attached hydrogen (secondary N) is 2. The van der Waals surface area contributed by atoms with Gasteiger partial charge in [-0.15, -0.1) is 21.5 Å². The predicted molar refractivity (Wildman–Crippen MR) is 267 cm³/mol. The molecule has 19 heteroatoms. The summed E-state index contributed by atoms with van der Waals surface area (Å²) in [7, 11) is 0. The zero-order chi connectivity index (χ0) is 49.7. The summed E-state index contributed by atoms with van der Waals surface area (Å²) in [6, 6.07) is 16.7. The van der Waals surface area contributed by atoms with Gasteiger partial charge in [0.15, 0.2) is 18.0 Å². The van der Waals surface area contributed by atoms with E-state index in [2.05, 4.69) is 49.7 Å². The average molecular weight is 997 g/mol. The normalized spacial score (nSPS) is 19.9. The summed E-state index contributed by atoms with van der Waals surface area (Å²) in [6.45, 7) is 12.1. The van der Waals surface area contributed by atoms with Crippen molar-refractivity contribution in [3.8, 4) is 33.3 Å². The Balaban J connectivity index is 0.757. The summed E-state index contributed by atoms with van der Waals surface area (Å²) in [5.74, 6) is 1.50. The lowest BCUT2D eigenvalue weighted by atomic mass is 9.89. The molecule has 2 aromatic carbocycles. The molecule has 5 aromatic heterocycles. The molecular weight excluding hydrogens is 942 g/mol. The number of benzene rings is 2. The number of aliphatic hydroxyl groups excluding tert-OH is 1. The smallest absolute Gasteiger partial charge is 0.248 e. The van der Waals surface area contributed by atoms with Crippen molar-refractivity contribution in [2.75, 3.05) is 6.54 Å². The summed E-state index contributed by atoms with van der Waals surface area (Å²) in [4.78, 5) is 58.2. The third-order valence-corrected chi connectivity index (χ3v) is 15.1. The van der Waals surface area contributed by atoms with E-state index in [0.29, 0.717) is 35.3 Å². The molecule has 2 aliphatic heterocycles. The van der Waals surface area contributed by atoms with Crippen LogP contribution in [0.3, 0.4) is 0 Å². The van der Waals surface area contributed by atoms with Crippen LogP contribution in [0.25, 0.3) is 27.5 Å². The fourth-order valence-electron chi connectivity index (χ4n) is 9.68. The summed E-state index contributed by atoms with van der Waals surface area (Å²) in [5.41, 5.74) is 7.92. The molecule has 1 saturated carbocycles. The first-order valence-corrected chi connectivity index (χ1v) is 25.0. The number of aromatic nitrogens is 7. The molecule has 0 radical (unpaired) electrons. The van der Waals surface area contributed by atoms with Gasteiger partial charge in [-0.05, 0) is 68.5 Å². The van der Waals surface area contributed by atoms with Gasteiger partial charge >= 0.3 is 0 Å². The quantitative estimate of drug-likeness (QED) is 0.0966. The second-order valence-electron chi connectivity index (χ2n) is 18.9. The number of amides is 3. The Labute approximate surface area is 419 Å². The topological polar surface area (TPSA) is 208 Å². The first-order chi connectivity index (χ1) is 34.2. The number of hydrogen-bond acceptors (Lipinski definition) is 13. The van der Waals surface area contributed by atoms with Crippen LogP contribution in [0.15, 0.2) is 95.1 Å². The molecule has 3 N–H and O–H groups in total. The number of fused-ring (bicyclic) bond motifs is 3. The molecule has 0 spiro atoms. The second kappa shape index (κ2) is 19.6. The molecule has 1 saturated heterocycles. The number of aliphatic imine (C=N–C) groups is 1. The summed E-state index contributed by atoms with van der Waals surface area (Å²) >= 11 is 7.95. The maximum absolute atomic E-state index is 14.3. The minimum atomic E-state index is -0.842. The number of carbonyl (C=O) groups excluding carboxylic acids is 3. The van der Waals surface area contributed by atoms with Crippen molar-refractivity contribution in [2.24, 2.45) is 10.9 Å². The van der Waals surface area contributed by atoms with E-state index in [1.807, 2.05) is 99.1 Å². The number of thiophene rings is 1. The molecule has 7 heterocycles. The van der Waals surface area contributed by atoms with Crippen LogP contribution < -0.4 is 15.4 Å². The molecule has 3 amide bonds. The molecule has 71 heavy (non-hydrogen) atoms. The fourth-order valence-corrected chi connectivity index (χ4v) is 11.0. The van der Waals surface area contributed by atoms with Crippen LogP contribution in [0.2, 0.25) is 5.02 Å². The number of likely N-dealkylation sites (tertiary alicyclic amines) is 1. The highest BCUT2D eigenvalue weighted by atomic mass is 35.5. The first kappa shape index (κ1) is 47.6. The van der Waals surface area contributed by atoms with Crippen LogP contribution in [-0.2, 0) is 20.9 Å². The Kier molecular flexibility index (Phi) is 13.2. The van der Waals surface area contributed by atoms with E-state index >= 15 is 0 Å². The number of hydrogen-bond donors (Lipinski definition) is 3. The number of halogens is 1. The highest BCUT2D eigenvalue weighted by Gasteiger charge is 2.43. The van der Waals surface area contributed by atoms with Crippen LogP contribution in [-0.4, -0.2) is 98.8 Å². The molecule has 2 fully saturated rings. The number of pyridine rings is 1. The van der Waals surface area contributed by atoms with E-state index in [1.54, 1.807) is 28.4 Å². The summed E-state index contributed by atoms with van der Waals surface area (Å²) in [6.07, 6.45) is 6.99. The Hall–Kier alpha value is -7.02. The molecular formula is C52H54ClN11O6S. The van der Waals surface area contributed by atoms with E-state index in [4.69, 9.17) is 25.7 Å². The van der Waals surface area contributed by atoms with Gasteiger partial charge in [0.05, 0.1) is 30.1 Å². The van der Waals surface area contributed by atoms with Crippen molar-refractivity contribution in [2.45, 2.75) is 110 Å². The highest BCUT2D eigenvalue weighted by molar-refractivity contribution is 7.15. The number of ether oxygens (including phenoxy) is 1. The zero-order valence-electron chi connectivity index (χ0n) is 40.2. The maximum atomic E-state index is 14.3. The summed E-state index contributed by atoms with van der Waals surface area (Å²) in [5, 5.41) is 32.1. The molecule has 17 nitrogen and oxygen atoms in total. The SMILES string of the molecule is Cc1ncoc1-c1ccc(CNC(=O)[C@@H]2C[C@@H](O)CN2C(=O)[C@H](C(C)C)n2cc(-c3ccnc(O[C@H]4C[C@@H](NC(=O)C[C@@H]5N=C(c6ccc(Cl)cc6)c6c(sc(C)c6C)-n6c(C)nnc65)C4)c3)cn2)cc1. The number of nitrogens with zero attached hydrogens (tertiary/aromatic N) is 9. The van der Waals surface area contributed by atoms with E-state index in [-0.39, 0.29) is 61.7 Å². The lowest BCUT2D eigenvalue weighted by Crippen LogP contribution is -2.49. The second-order valence-corrected chi connectivity index (χ2v) is 20.6. The van der Waals surface area contributed by atoms with Crippen LogP contribution in [0, 0.1) is 33.6 Å². The van der Waals surface area contributed by atoms with Gasteiger partial charge in [0.2, 0.25) is 23.6 Å². The summed E-state index contributed by atoms with van der Waals surface area (Å²) < 4.78 is 15.5.